The van der Waals surface area contributed by atoms with Crippen molar-refractivity contribution >= 4 is 39.8 Å². The van der Waals surface area contributed by atoms with Gasteiger partial charge < -0.3 is 9.52 Å². The molecular weight excluding hydrogens is 479 g/mol. The molecule has 2 aromatic carbocycles. The number of aliphatic hydroxyl groups excluding tert-OH is 1. The van der Waals surface area contributed by atoms with Crippen LogP contribution in [0.25, 0.3) is 11.3 Å². The van der Waals surface area contributed by atoms with E-state index in [1.54, 1.807) is 42.6 Å². The van der Waals surface area contributed by atoms with Crippen molar-refractivity contribution < 1.29 is 23.5 Å². The fourth-order valence-electron chi connectivity index (χ4n) is 3.81. The molecule has 0 saturated heterocycles. The van der Waals surface area contributed by atoms with Crippen LogP contribution >= 0.6 is 22.9 Å². The highest BCUT2D eigenvalue weighted by Crippen LogP contribution is 2.43. The third-order valence-corrected chi connectivity index (χ3v) is 6.53. The predicted octanol–water partition coefficient (Wildman–Crippen LogP) is 6.29. The maximum absolute atomic E-state index is 13.6. The summed E-state index contributed by atoms with van der Waals surface area (Å²) in [4.78, 5) is 32.3. The van der Waals surface area contributed by atoms with E-state index in [1.807, 2.05) is 0 Å². The molecule has 5 rings (SSSR count). The van der Waals surface area contributed by atoms with Crippen molar-refractivity contribution in [2.24, 2.45) is 0 Å². The number of aliphatic hydroxyl groups is 1. The summed E-state index contributed by atoms with van der Waals surface area (Å²) in [6.45, 7) is 1.68. The van der Waals surface area contributed by atoms with Crippen LogP contribution in [0.3, 0.4) is 0 Å². The molecule has 0 radical (unpaired) electrons. The number of aryl methyl sites for hydroxylation is 1. The summed E-state index contributed by atoms with van der Waals surface area (Å²) in [5.74, 6) is -2.08. The van der Waals surface area contributed by atoms with Gasteiger partial charge in [0.05, 0.1) is 17.3 Å². The zero-order valence-corrected chi connectivity index (χ0v) is 19.2. The van der Waals surface area contributed by atoms with E-state index in [2.05, 4.69) is 4.98 Å². The van der Waals surface area contributed by atoms with Crippen LogP contribution in [-0.4, -0.2) is 21.8 Å². The molecule has 1 N–H and O–H groups in total. The van der Waals surface area contributed by atoms with Gasteiger partial charge >= 0.3 is 0 Å². The Kier molecular flexibility index (Phi) is 5.55. The molecule has 0 bridgehead atoms. The van der Waals surface area contributed by atoms with Crippen molar-refractivity contribution in [3.63, 3.8) is 0 Å². The Morgan fingerprint density at radius 3 is 2.47 bits per heavy atom. The number of thiazole rings is 1. The molecule has 1 aliphatic heterocycles. The lowest BCUT2D eigenvalue weighted by atomic mass is 9.95. The number of ketones is 1. The summed E-state index contributed by atoms with van der Waals surface area (Å²) in [5, 5.41) is 13.4. The van der Waals surface area contributed by atoms with Gasteiger partial charge in [0, 0.05) is 16.0 Å². The molecule has 2 aromatic heterocycles. The summed E-state index contributed by atoms with van der Waals surface area (Å²) < 4.78 is 19.1. The van der Waals surface area contributed by atoms with Gasteiger partial charge in [-0.2, -0.15) is 0 Å². The first kappa shape index (κ1) is 22.1. The van der Waals surface area contributed by atoms with E-state index in [9.17, 15) is 19.1 Å². The van der Waals surface area contributed by atoms with Gasteiger partial charge in [0.1, 0.15) is 11.6 Å². The van der Waals surface area contributed by atoms with E-state index < -0.39 is 29.3 Å². The van der Waals surface area contributed by atoms with Gasteiger partial charge in [-0.25, -0.2) is 9.37 Å². The molecule has 6 nitrogen and oxygen atoms in total. The number of Topliss-reactive ketones (excluding diaryl/α,β-unsaturated/α-hetero) is 1. The predicted molar refractivity (Wildman–Crippen MR) is 127 cm³/mol. The molecular formula is C25H16ClFN2O4S. The van der Waals surface area contributed by atoms with Crippen LogP contribution in [0.2, 0.25) is 5.02 Å². The Morgan fingerprint density at radius 2 is 1.82 bits per heavy atom. The van der Waals surface area contributed by atoms with E-state index in [4.69, 9.17) is 16.0 Å². The number of hydrogen-bond donors (Lipinski definition) is 1. The molecule has 1 unspecified atom stereocenters. The molecule has 1 aliphatic rings. The molecule has 34 heavy (non-hydrogen) atoms. The number of hydrogen-bond acceptors (Lipinski definition) is 6. The zero-order chi connectivity index (χ0) is 24.0. The third-order valence-electron chi connectivity index (χ3n) is 5.44. The van der Waals surface area contributed by atoms with Crippen molar-refractivity contribution in [1.29, 1.82) is 0 Å². The fraction of sp³-hybridized carbons (Fsp3) is 0.0800. The van der Waals surface area contributed by atoms with Crippen molar-refractivity contribution in [2.45, 2.75) is 13.0 Å². The van der Waals surface area contributed by atoms with Crippen LogP contribution in [0, 0.1) is 12.7 Å². The Hall–Kier alpha value is -3.75. The van der Waals surface area contributed by atoms with Gasteiger partial charge in [-0.1, -0.05) is 35.9 Å². The maximum Gasteiger partial charge on any atom is 0.296 e. The monoisotopic (exact) mass is 494 g/mol. The van der Waals surface area contributed by atoms with Crippen molar-refractivity contribution in [3.05, 3.63) is 105 Å². The molecule has 0 saturated carbocycles. The molecule has 170 valence electrons. The summed E-state index contributed by atoms with van der Waals surface area (Å²) in [7, 11) is 0. The average molecular weight is 495 g/mol. The van der Waals surface area contributed by atoms with Crippen molar-refractivity contribution in [1.82, 2.24) is 4.98 Å². The molecule has 4 aromatic rings. The summed E-state index contributed by atoms with van der Waals surface area (Å²) in [6, 6.07) is 14.5. The first-order chi connectivity index (χ1) is 16.3. The van der Waals surface area contributed by atoms with Crippen LogP contribution in [-0.2, 0) is 4.79 Å². The molecule has 0 aliphatic carbocycles. The Balaban J connectivity index is 1.61. The second kappa shape index (κ2) is 8.55. The van der Waals surface area contributed by atoms with E-state index >= 15 is 0 Å². The lowest BCUT2D eigenvalue weighted by Gasteiger charge is -2.24. The Labute approximate surface area is 202 Å². The van der Waals surface area contributed by atoms with Gasteiger partial charge in [-0.3, -0.25) is 14.5 Å². The summed E-state index contributed by atoms with van der Waals surface area (Å²) in [6.07, 6.45) is 0. The first-order valence-electron chi connectivity index (χ1n) is 10.2. The minimum absolute atomic E-state index is 0.0122. The second-order valence-corrected chi connectivity index (χ2v) is 8.93. The third kappa shape index (κ3) is 3.81. The molecule has 0 fully saturated rings. The quantitative estimate of drug-likeness (QED) is 0.330. The number of furan rings is 1. The van der Waals surface area contributed by atoms with E-state index in [-0.39, 0.29) is 16.5 Å². The van der Waals surface area contributed by atoms with Gasteiger partial charge in [-0.15, -0.1) is 11.3 Å². The lowest BCUT2D eigenvalue weighted by molar-refractivity contribution is -0.117. The minimum Gasteiger partial charge on any atom is -0.503 e. The number of rotatable bonds is 5. The molecule has 1 atom stereocenters. The number of anilines is 1. The normalized spacial score (nSPS) is 15.9. The standard InChI is InChI=1S/C25H16ClFN2O4S/c1-13-2-11-19(33-13)22(30)20-21(15-5-9-17(27)10-6-15)29(24(32)23(20)31)25-28-18(12-34-25)14-3-7-16(26)8-4-14/h2-12,21,31H,1H3. The number of halogens is 2. The molecule has 9 heteroatoms. The number of nitrogens with zero attached hydrogens (tertiary/aromatic N) is 2. The van der Waals surface area contributed by atoms with Gasteiger partial charge in [-0.05, 0) is 48.9 Å². The maximum atomic E-state index is 13.6. The highest BCUT2D eigenvalue weighted by Gasteiger charge is 2.46. The van der Waals surface area contributed by atoms with Crippen molar-refractivity contribution in [3.8, 4) is 11.3 Å². The summed E-state index contributed by atoms with van der Waals surface area (Å²) in [5.41, 5.74) is 1.67. The molecule has 3 heterocycles. The van der Waals surface area contributed by atoms with Gasteiger partial charge in [0.15, 0.2) is 16.7 Å². The smallest absolute Gasteiger partial charge is 0.296 e. The number of amides is 1. The SMILES string of the molecule is Cc1ccc(C(=O)C2=C(O)C(=O)N(c3nc(-c4ccc(Cl)cc4)cs3)C2c2ccc(F)cc2)o1. The van der Waals surface area contributed by atoms with Crippen LogP contribution in [0.1, 0.15) is 27.9 Å². The van der Waals surface area contributed by atoms with Gasteiger partial charge in [0.25, 0.3) is 5.91 Å². The Bertz CT molecular complexity index is 1440. The lowest BCUT2D eigenvalue weighted by Crippen LogP contribution is -2.31. The van der Waals surface area contributed by atoms with Crippen LogP contribution in [0.5, 0.6) is 0 Å². The highest BCUT2D eigenvalue weighted by atomic mass is 35.5. The largest absolute Gasteiger partial charge is 0.503 e. The van der Waals surface area contributed by atoms with E-state index in [1.165, 1.54) is 46.6 Å². The van der Waals surface area contributed by atoms with Crippen LogP contribution in [0.15, 0.2) is 81.8 Å². The summed E-state index contributed by atoms with van der Waals surface area (Å²) >= 11 is 7.15. The van der Waals surface area contributed by atoms with Crippen LogP contribution in [0.4, 0.5) is 9.52 Å². The van der Waals surface area contributed by atoms with E-state index in [0.29, 0.717) is 22.0 Å². The number of carbonyl (C=O) groups is 2. The average Bonchev–Trinajstić information content (AvgIpc) is 3.54. The highest BCUT2D eigenvalue weighted by molar-refractivity contribution is 7.14. The topological polar surface area (TPSA) is 83.6 Å². The van der Waals surface area contributed by atoms with Crippen molar-refractivity contribution in [2.75, 3.05) is 4.90 Å². The number of carbonyl (C=O) groups excluding carboxylic acids is 2. The van der Waals surface area contributed by atoms with Crippen LogP contribution < -0.4 is 4.90 Å². The zero-order valence-electron chi connectivity index (χ0n) is 17.7. The number of aromatic nitrogens is 1. The molecule has 0 spiro atoms. The molecule has 1 amide bonds. The van der Waals surface area contributed by atoms with E-state index in [0.717, 1.165) is 5.56 Å². The minimum atomic E-state index is -1.02. The Morgan fingerprint density at radius 1 is 1.12 bits per heavy atom. The fourth-order valence-corrected chi connectivity index (χ4v) is 4.80. The second-order valence-electron chi connectivity index (χ2n) is 7.65. The number of benzene rings is 2. The van der Waals surface area contributed by atoms with Gasteiger partial charge in [0.2, 0.25) is 5.78 Å². The first-order valence-corrected chi connectivity index (χ1v) is 11.4.